The van der Waals surface area contributed by atoms with Gasteiger partial charge in [-0.25, -0.2) is 0 Å². The lowest BCUT2D eigenvalue weighted by atomic mass is 9.72. The largest absolute Gasteiger partial charge is 0.467 e. The molecule has 0 aliphatic carbocycles. The van der Waals surface area contributed by atoms with E-state index in [1.807, 2.05) is 21.9 Å². The van der Waals surface area contributed by atoms with E-state index in [4.69, 9.17) is 4.42 Å². The predicted octanol–water partition coefficient (Wildman–Crippen LogP) is 1.15. The molecule has 7 heteroatoms. The number of piperidine rings is 2. The summed E-state index contributed by atoms with van der Waals surface area (Å²) in [6.45, 7) is 3.15. The number of carbonyl (C=O) groups excluding carboxylic acids is 3. The normalized spacial score (nSPS) is 25.6. The van der Waals surface area contributed by atoms with Crippen LogP contribution in [0.25, 0.3) is 0 Å². The van der Waals surface area contributed by atoms with Crippen LogP contribution < -0.4 is 5.32 Å². The molecule has 0 aromatic carbocycles. The molecule has 0 bridgehead atoms. The number of furan rings is 1. The molecule has 3 aliphatic heterocycles. The molecule has 0 radical (unpaired) electrons. The maximum atomic E-state index is 12.6. The lowest BCUT2D eigenvalue weighted by Gasteiger charge is -2.47. The van der Waals surface area contributed by atoms with Gasteiger partial charge in [-0.3, -0.25) is 14.4 Å². The van der Waals surface area contributed by atoms with E-state index in [2.05, 4.69) is 5.32 Å². The van der Waals surface area contributed by atoms with E-state index in [1.165, 1.54) is 0 Å². The SMILES string of the molecule is O=C1C[C@@H](C(=O)N2CCC3(CCC(=O)N(Cc4ccco4)C3)CC2)CN1. The standard InChI is InChI=1S/C19H25N3O4/c23-16-10-14(11-20-16)18(25)21-7-5-19(6-8-21)4-3-17(24)22(13-19)12-15-2-1-9-26-15/h1-2,9,14H,3-8,10-13H2,(H,20,23)/t14-/m1/s1. The Balaban J connectivity index is 1.36. The van der Waals surface area contributed by atoms with Crippen molar-refractivity contribution in [2.75, 3.05) is 26.2 Å². The monoisotopic (exact) mass is 359 g/mol. The van der Waals surface area contributed by atoms with E-state index in [0.717, 1.165) is 31.6 Å². The Morgan fingerprint density at radius 1 is 1.27 bits per heavy atom. The van der Waals surface area contributed by atoms with Gasteiger partial charge in [-0.1, -0.05) is 0 Å². The third-order valence-electron chi connectivity index (χ3n) is 6.14. The van der Waals surface area contributed by atoms with E-state index in [0.29, 0.717) is 39.0 Å². The van der Waals surface area contributed by atoms with Gasteiger partial charge in [0.05, 0.1) is 18.7 Å². The van der Waals surface area contributed by atoms with Crippen molar-refractivity contribution in [2.45, 2.75) is 38.6 Å². The van der Waals surface area contributed by atoms with E-state index in [9.17, 15) is 14.4 Å². The van der Waals surface area contributed by atoms with Crippen LogP contribution in [0.2, 0.25) is 0 Å². The van der Waals surface area contributed by atoms with E-state index in [-0.39, 0.29) is 29.1 Å². The number of nitrogens with one attached hydrogen (secondary N) is 1. The van der Waals surface area contributed by atoms with Gasteiger partial charge in [0.25, 0.3) is 0 Å². The Morgan fingerprint density at radius 3 is 2.73 bits per heavy atom. The number of hydrogen-bond donors (Lipinski definition) is 1. The molecule has 0 saturated carbocycles. The third kappa shape index (κ3) is 3.34. The van der Waals surface area contributed by atoms with E-state index < -0.39 is 0 Å². The molecule has 26 heavy (non-hydrogen) atoms. The minimum Gasteiger partial charge on any atom is -0.467 e. The number of carbonyl (C=O) groups is 3. The van der Waals surface area contributed by atoms with Gasteiger partial charge in [0.1, 0.15) is 5.76 Å². The van der Waals surface area contributed by atoms with Gasteiger partial charge < -0.3 is 19.5 Å². The average Bonchev–Trinajstić information content (AvgIpc) is 3.30. The minimum absolute atomic E-state index is 0.0313. The fourth-order valence-electron chi connectivity index (χ4n) is 4.48. The molecule has 1 aromatic heterocycles. The first-order valence-corrected chi connectivity index (χ1v) is 9.40. The molecule has 4 heterocycles. The number of likely N-dealkylation sites (tertiary alicyclic amines) is 2. The smallest absolute Gasteiger partial charge is 0.227 e. The zero-order chi connectivity index (χ0) is 18.1. The van der Waals surface area contributed by atoms with Crippen molar-refractivity contribution in [1.82, 2.24) is 15.1 Å². The summed E-state index contributed by atoms with van der Waals surface area (Å²) in [5.74, 6) is 0.844. The Bertz CT molecular complexity index is 692. The first-order valence-electron chi connectivity index (χ1n) is 9.40. The van der Waals surface area contributed by atoms with Crippen LogP contribution in [0.1, 0.15) is 37.9 Å². The molecule has 3 amide bonds. The van der Waals surface area contributed by atoms with Gasteiger partial charge in [0.2, 0.25) is 17.7 Å². The summed E-state index contributed by atoms with van der Waals surface area (Å²) in [4.78, 5) is 40.1. The third-order valence-corrected chi connectivity index (χ3v) is 6.14. The molecule has 3 saturated heterocycles. The highest BCUT2D eigenvalue weighted by Gasteiger charge is 2.43. The zero-order valence-corrected chi connectivity index (χ0v) is 14.9. The highest BCUT2D eigenvalue weighted by atomic mass is 16.3. The lowest BCUT2D eigenvalue weighted by molar-refractivity contribution is -0.144. The van der Waals surface area contributed by atoms with Crippen LogP contribution in [-0.2, 0) is 20.9 Å². The summed E-state index contributed by atoms with van der Waals surface area (Å²) in [7, 11) is 0. The lowest BCUT2D eigenvalue weighted by Crippen LogP contribution is -2.52. The Hall–Kier alpha value is -2.31. The number of amides is 3. The van der Waals surface area contributed by atoms with Crippen molar-refractivity contribution in [3.05, 3.63) is 24.2 Å². The van der Waals surface area contributed by atoms with Crippen LogP contribution in [0.3, 0.4) is 0 Å². The summed E-state index contributed by atoms with van der Waals surface area (Å²) in [6, 6.07) is 3.74. The maximum Gasteiger partial charge on any atom is 0.227 e. The first kappa shape index (κ1) is 17.1. The van der Waals surface area contributed by atoms with Gasteiger partial charge >= 0.3 is 0 Å². The summed E-state index contributed by atoms with van der Waals surface area (Å²) >= 11 is 0. The minimum atomic E-state index is -0.208. The van der Waals surface area contributed by atoms with Crippen LogP contribution >= 0.6 is 0 Å². The molecule has 7 nitrogen and oxygen atoms in total. The molecule has 3 fully saturated rings. The van der Waals surface area contributed by atoms with Crippen molar-refractivity contribution >= 4 is 17.7 Å². The van der Waals surface area contributed by atoms with Crippen molar-refractivity contribution < 1.29 is 18.8 Å². The number of nitrogens with zero attached hydrogens (tertiary/aromatic N) is 2. The van der Waals surface area contributed by atoms with Gasteiger partial charge in [0, 0.05) is 39.0 Å². The fourth-order valence-corrected chi connectivity index (χ4v) is 4.48. The highest BCUT2D eigenvalue weighted by molar-refractivity contribution is 5.89. The fraction of sp³-hybridized carbons (Fsp3) is 0.632. The molecule has 4 rings (SSSR count). The summed E-state index contributed by atoms with van der Waals surface area (Å²) < 4.78 is 5.39. The summed E-state index contributed by atoms with van der Waals surface area (Å²) in [5, 5.41) is 2.74. The molecule has 1 atom stereocenters. The number of rotatable bonds is 3. The highest BCUT2D eigenvalue weighted by Crippen LogP contribution is 2.41. The molecule has 1 N–H and O–H groups in total. The van der Waals surface area contributed by atoms with Crippen molar-refractivity contribution in [3.8, 4) is 0 Å². The Kier molecular flexibility index (Phi) is 4.46. The van der Waals surface area contributed by atoms with Gasteiger partial charge in [-0.05, 0) is 36.8 Å². The molecule has 140 valence electrons. The first-order chi connectivity index (χ1) is 12.5. The van der Waals surface area contributed by atoms with Crippen LogP contribution in [0.5, 0.6) is 0 Å². The molecule has 1 aromatic rings. The van der Waals surface area contributed by atoms with E-state index >= 15 is 0 Å². The van der Waals surface area contributed by atoms with Crippen molar-refractivity contribution in [2.24, 2.45) is 11.3 Å². The molecule has 0 unspecified atom stereocenters. The average molecular weight is 359 g/mol. The van der Waals surface area contributed by atoms with Crippen LogP contribution in [0.15, 0.2) is 22.8 Å². The summed E-state index contributed by atoms with van der Waals surface area (Å²) in [5.41, 5.74) is 0.0982. The van der Waals surface area contributed by atoms with Crippen molar-refractivity contribution in [1.29, 1.82) is 0 Å². The second-order valence-electron chi connectivity index (χ2n) is 7.86. The molecule has 1 spiro atoms. The molecular weight excluding hydrogens is 334 g/mol. The van der Waals surface area contributed by atoms with Gasteiger partial charge in [-0.2, -0.15) is 0 Å². The summed E-state index contributed by atoms with van der Waals surface area (Å²) in [6.07, 6.45) is 5.23. The predicted molar refractivity (Wildman–Crippen MR) is 92.7 cm³/mol. The Morgan fingerprint density at radius 2 is 2.08 bits per heavy atom. The van der Waals surface area contributed by atoms with Crippen LogP contribution in [0, 0.1) is 11.3 Å². The van der Waals surface area contributed by atoms with E-state index in [1.54, 1.807) is 6.26 Å². The second kappa shape index (κ2) is 6.78. The topological polar surface area (TPSA) is 82.9 Å². The van der Waals surface area contributed by atoms with Crippen LogP contribution in [-0.4, -0.2) is 53.7 Å². The van der Waals surface area contributed by atoms with Crippen LogP contribution in [0.4, 0.5) is 0 Å². The zero-order valence-electron chi connectivity index (χ0n) is 14.9. The molecule has 3 aliphatic rings. The van der Waals surface area contributed by atoms with Gasteiger partial charge in [-0.15, -0.1) is 0 Å². The molecular formula is C19H25N3O4. The second-order valence-corrected chi connectivity index (χ2v) is 7.86. The number of hydrogen-bond acceptors (Lipinski definition) is 4. The van der Waals surface area contributed by atoms with Gasteiger partial charge in [0.15, 0.2) is 0 Å². The van der Waals surface area contributed by atoms with Crippen molar-refractivity contribution in [3.63, 3.8) is 0 Å². The maximum absolute atomic E-state index is 12.6. The quantitative estimate of drug-likeness (QED) is 0.878. The Labute approximate surface area is 152 Å².